The highest BCUT2D eigenvalue weighted by atomic mass is 19.4. The van der Waals surface area contributed by atoms with Crippen LogP contribution in [0.4, 0.5) is 30.6 Å². The summed E-state index contributed by atoms with van der Waals surface area (Å²) in [5.74, 6) is -1.41. The molecule has 1 aliphatic carbocycles. The van der Waals surface area contributed by atoms with Gasteiger partial charge in [-0.1, -0.05) is 6.42 Å². The average molecular weight is 573 g/mol. The number of piperidine rings is 1. The van der Waals surface area contributed by atoms with E-state index in [1.54, 1.807) is 36.2 Å². The molecule has 1 saturated carbocycles. The smallest absolute Gasteiger partial charge is 0.366 e. The predicted octanol–water partition coefficient (Wildman–Crippen LogP) is 4.02. The van der Waals surface area contributed by atoms with Gasteiger partial charge in [-0.25, -0.2) is 4.98 Å². The van der Waals surface area contributed by atoms with Crippen LogP contribution in [0.5, 0.6) is 0 Å². The SMILES string of the molecule is CN1CCC(N(C)C(=O)c2ccc(Nc3ncc(C(F)(F)F)c(N[C@@H]4CCC[C@@H]4C(=O)NCCC#N)n3)cc2)CC1. The summed E-state index contributed by atoms with van der Waals surface area (Å²) >= 11 is 0. The summed E-state index contributed by atoms with van der Waals surface area (Å²) < 4.78 is 41.4. The van der Waals surface area contributed by atoms with Crippen molar-refractivity contribution in [1.29, 1.82) is 5.26 Å². The molecule has 13 heteroatoms. The van der Waals surface area contributed by atoms with E-state index in [1.165, 1.54) is 0 Å². The van der Waals surface area contributed by atoms with Gasteiger partial charge in [0.05, 0.1) is 18.4 Å². The molecule has 220 valence electrons. The first-order valence-corrected chi connectivity index (χ1v) is 13.7. The number of nitrogens with zero attached hydrogens (tertiary/aromatic N) is 5. The van der Waals surface area contributed by atoms with Crippen molar-refractivity contribution in [2.24, 2.45) is 5.92 Å². The number of benzene rings is 1. The third kappa shape index (κ3) is 7.64. The Morgan fingerprint density at radius 3 is 2.51 bits per heavy atom. The van der Waals surface area contributed by atoms with Crippen LogP contribution in [0.15, 0.2) is 30.5 Å². The second-order valence-corrected chi connectivity index (χ2v) is 10.6. The van der Waals surface area contributed by atoms with Gasteiger partial charge in [0, 0.05) is 43.1 Å². The van der Waals surface area contributed by atoms with Crippen molar-refractivity contribution in [3.63, 3.8) is 0 Å². The van der Waals surface area contributed by atoms with E-state index in [4.69, 9.17) is 5.26 Å². The molecule has 2 amide bonds. The van der Waals surface area contributed by atoms with Crippen molar-refractivity contribution in [2.75, 3.05) is 44.4 Å². The Morgan fingerprint density at radius 2 is 1.85 bits per heavy atom. The normalized spacial score (nSPS) is 19.8. The molecule has 1 aromatic heterocycles. The van der Waals surface area contributed by atoms with Gasteiger partial charge in [-0.2, -0.15) is 23.4 Å². The van der Waals surface area contributed by atoms with Gasteiger partial charge in [0.15, 0.2) is 0 Å². The molecule has 2 aromatic rings. The van der Waals surface area contributed by atoms with Crippen LogP contribution in [0.2, 0.25) is 0 Å². The second kappa shape index (κ2) is 13.2. The van der Waals surface area contributed by atoms with Gasteiger partial charge in [0.1, 0.15) is 11.4 Å². The van der Waals surface area contributed by atoms with Crippen LogP contribution in [-0.4, -0.2) is 77.4 Å². The lowest BCUT2D eigenvalue weighted by Crippen LogP contribution is -2.44. The quantitative estimate of drug-likeness (QED) is 0.385. The zero-order valence-electron chi connectivity index (χ0n) is 23.2. The highest BCUT2D eigenvalue weighted by Gasteiger charge is 2.38. The van der Waals surface area contributed by atoms with Crippen LogP contribution in [-0.2, 0) is 11.0 Å². The van der Waals surface area contributed by atoms with Crippen LogP contribution in [0.3, 0.4) is 0 Å². The molecule has 0 unspecified atom stereocenters. The molecule has 1 aliphatic heterocycles. The first-order valence-electron chi connectivity index (χ1n) is 13.7. The van der Waals surface area contributed by atoms with E-state index < -0.39 is 29.5 Å². The fraction of sp³-hybridized carbons (Fsp3) is 0.536. The lowest BCUT2D eigenvalue weighted by Gasteiger charge is -2.35. The summed E-state index contributed by atoms with van der Waals surface area (Å²) in [6, 6.07) is 8.20. The molecule has 2 aliphatic rings. The van der Waals surface area contributed by atoms with Crippen molar-refractivity contribution < 1.29 is 22.8 Å². The average Bonchev–Trinajstić information content (AvgIpc) is 3.41. The third-order valence-corrected chi connectivity index (χ3v) is 7.75. The van der Waals surface area contributed by atoms with E-state index in [2.05, 4.69) is 37.9 Å². The van der Waals surface area contributed by atoms with E-state index in [9.17, 15) is 22.8 Å². The van der Waals surface area contributed by atoms with Gasteiger partial charge in [-0.05, 0) is 70.1 Å². The minimum absolute atomic E-state index is 0.0592. The molecule has 2 heterocycles. The zero-order chi connectivity index (χ0) is 29.6. The Balaban J connectivity index is 1.45. The largest absolute Gasteiger partial charge is 0.421 e. The molecular formula is C28H35F3N8O2. The number of amides is 2. The number of aromatic nitrogens is 2. The summed E-state index contributed by atoms with van der Waals surface area (Å²) in [7, 11) is 3.87. The fourth-order valence-electron chi connectivity index (χ4n) is 5.33. The molecule has 0 radical (unpaired) electrons. The zero-order valence-corrected chi connectivity index (χ0v) is 23.2. The number of alkyl halides is 3. The molecule has 41 heavy (non-hydrogen) atoms. The number of halogens is 3. The standard InChI is InChI=1S/C28H35F3N8O2/c1-38-15-11-20(12-16-38)39(2)26(41)18-7-9-19(10-8-18)35-27-34-17-22(28(29,30)31)24(37-27)36-23-6-3-5-21(23)25(40)33-14-4-13-32/h7-10,17,20-21,23H,3-6,11-12,14-16H2,1-2H3,(H,33,40)(H2,34,35,36,37)/t21-,23+/m0/s1. The molecule has 1 saturated heterocycles. The van der Waals surface area contributed by atoms with E-state index in [0.717, 1.165) is 25.9 Å². The number of anilines is 3. The van der Waals surface area contributed by atoms with Gasteiger partial charge < -0.3 is 25.8 Å². The maximum absolute atomic E-state index is 13.8. The first-order chi connectivity index (χ1) is 19.6. The Bertz CT molecular complexity index is 1260. The Hall–Kier alpha value is -3.92. The molecule has 4 rings (SSSR count). The number of hydrogen-bond acceptors (Lipinski definition) is 8. The van der Waals surface area contributed by atoms with Gasteiger partial charge in [-0.15, -0.1) is 0 Å². The van der Waals surface area contributed by atoms with E-state index in [0.29, 0.717) is 36.7 Å². The van der Waals surface area contributed by atoms with Crippen molar-refractivity contribution in [2.45, 2.75) is 56.8 Å². The van der Waals surface area contributed by atoms with Gasteiger partial charge in [0.25, 0.3) is 5.91 Å². The van der Waals surface area contributed by atoms with E-state index >= 15 is 0 Å². The number of nitrogens with one attached hydrogen (secondary N) is 3. The van der Waals surface area contributed by atoms with Crippen molar-refractivity contribution in [1.82, 2.24) is 25.1 Å². The molecule has 2 atom stereocenters. The van der Waals surface area contributed by atoms with Crippen molar-refractivity contribution in [3.8, 4) is 6.07 Å². The van der Waals surface area contributed by atoms with Crippen molar-refractivity contribution in [3.05, 3.63) is 41.6 Å². The van der Waals surface area contributed by atoms with Crippen molar-refractivity contribution >= 4 is 29.3 Å². The Kier molecular flexibility index (Phi) is 9.65. The molecule has 3 N–H and O–H groups in total. The predicted molar refractivity (Wildman–Crippen MR) is 147 cm³/mol. The summed E-state index contributed by atoms with van der Waals surface area (Å²) in [5, 5.41) is 17.1. The van der Waals surface area contributed by atoms with Crippen LogP contribution in [0, 0.1) is 17.2 Å². The number of rotatable bonds is 9. The monoisotopic (exact) mass is 572 g/mol. The van der Waals surface area contributed by atoms with Crippen LogP contribution >= 0.6 is 0 Å². The number of likely N-dealkylation sites (tertiary alicyclic amines) is 1. The summed E-state index contributed by atoms with van der Waals surface area (Å²) in [6.45, 7) is 2.06. The van der Waals surface area contributed by atoms with Crippen LogP contribution in [0.1, 0.15) is 54.4 Å². The lowest BCUT2D eigenvalue weighted by molar-refractivity contribution is -0.137. The number of carbonyl (C=O) groups excluding carboxylic acids is 2. The highest BCUT2D eigenvalue weighted by Crippen LogP contribution is 2.36. The molecule has 0 spiro atoms. The van der Waals surface area contributed by atoms with E-state index in [-0.39, 0.29) is 36.8 Å². The number of carbonyl (C=O) groups is 2. The van der Waals surface area contributed by atoms with E-state index in [1.807, 2.05) is 6.07 Å². The van der Waals surface area contributed by atoms with Gasteiger partial charge in [-0.3, -0.25) is 9.59 Å². The molecule has 0 bridgehead atoms. The molecule has 1 aromatic carbocycles. The molecule has 2 fully saturated rings. The van der Waals surface area contributed by atoms with Gasteiger partial charge >= 0.3 is 6.18 Å². The first kappa shape index (κ1) is 30.0. The molecule has 10 nitrogen and oxygen atoms in total. The second-order valence-electron chi connectivity index (χ2n) is 10.6. The highest BCUT2D eigenvalue weighted by molar-refractivity contribution is 5.94. The third-order valence-electron chi connectivity index (χ3n) is 7.75. The molecular weight excluding hydrogens is 537 g/mol. The van der Waals surface area contributed by atoms with Gasteiger partial charge in [0.2, 0.25) is 11.9 Å². The number of nitriles is 1. The maximum atomic E-state index is 13.8. The summed E-state index contributed by atoms with van der Waals surface area (Å²) in [6.07, 6.45) is -0.327. The topological polar surface area (TPSA) is 126 Å². The Morgan fingerprint density at radius 1 is 1.15 bits per heavy atom. The minimum Gasteiger partial charge on any atom is -0.366 e. The lowest BCUT2D eigenvalue weighted by atomic mass is 10.0. The summed E-state index contributed by atoms with van der Waals surface area (Å²) in [4.78, 5) is 37.6. The summed E-state index contributed by atoms with van der Waals surface area (Å²) in [5.41, 5.74) is -0.0192. The fourth-order valence-corrected chi connectivity index (χ4v) is 5.33. The minimum atomic E-state index is -4.70. The van der Waals surface area contributed by atoms with Crippen LogP contribution in [0.25, 0.3) is 0 Å². The van der Waals surface area contributed by atoms with Crippen LogP contribution < -0.4 is 16.0 Å². The maximum Gasteiger partial charge on any atom is 0.421 e. The number of hydrogen-bond donors (Lipinski definition) is 3. The Labute approximate surface area is 237 Å².